The molecule has 15 nitrogen and oxygen atoms in total. The summed E-state index contributed by atoms with van der Waals surface area (Å²) in [6.07, 6.45) is 2.09. The Labute approximate surface area is 308 Å². The molecule has 3 aromatic rings. The van der Waals surface area contributed by atoms with Gasteiger partial charge in [0.2, 0.25) is 5.82 Å². The monoisotopic (exact) mass is 824 g/mol. The lowest BCUT2D eigenvalue weighted by atomic mass is 9.95. The molecule has 1 saturated heterocycles. The number of aromatic nitrogens is 2. The Morgan fingerprint density at radius 1 is 1.18 bits per heavy atom. The fourth-order valence-corrected chi connectivity index (χ4v) is 4.74. The normalized spacial score (nSPS) is 14.7. The number of amides is 1. The zero-order valence-corrected chi connectivity index (χ0v) is 31.6. The number of hydrogen-bond donors (Lipinski definition) is 4. The average Bonchev–Trinajstić information content (AvgIpc) is 3.47. The van der Waals surface area contributed by atoms with Gasteiger partial charge in [-0.2, -0.15) is 18.3 Å². The number of nitro groups is 1. The first kappa shape index (κ1) is 45.9. The molecule has 284 valence electrons. The maximum absolute atomic E-state index is 12.6. The van der Waals surface area contributed by atoms with Gasteiger partial charge < -0.3 is 25.2 Å². The molecule has 51 heavy (non-hydrogen) atoms. The van der Waals surface area contributed by atoms with Gasteiger partial charge in [0.25, 0.3) is 5.91 Å². The van der Waals surface area contributed by atoms with E-state index in [1.807, 2.05) is 43.4 Å². The van der Waals surface area contributed by atoms with E-state index >= 15 is 0 Å². The fraction of sp³-hybridized carbons (Fsp3) is 0.393. The highest BCUT2D eigenvalue weighted by atomic mass is 35.5. The second kappa shape index (κ2) is 19.6. The summed E-state index contributed by atoms with van der Waals surface area (Å²) in [7, 11) is -3.71. The molecule has 2 heterocycles. The van der Waals surface area contributed by atoms with Crippen LogP contribution in [0.25, 0.3) is 5.69 Å². The van der Waals surface area contributed by atoms with Crippen molar-refractivity contribution in [3.8, 4) is 5.69 Å². The summed E-state index contributed by atoms with van der Waals surface area (Å²) in [5.41, 5.74) is 4.25. The van der Waals surface area contributed by atoms with Crippen LogP contribution in [0.15, 0.2) is 42.6 Å². The zero-order chi connectivity index (χ0) is 39.5. The minimum Gasteiger partial charge on any atom is -0.778 e. The van der Waals surface area contributed by atoms with Gasteiger partial charge in [-0.3, -0.25) is 29.9 Å². The van der Waals surface area contributed by atoms with E-state index in [4.69, 9.17) is 55.4 Å². The molecule has 0 saturated carbocycles. The van der Waals surface area contributed by atoms with Gasteiger partial charge in [0.05, 0.1) is 70.7 Å². The van der Waals surface area contributed by atoms with Gasteiger partial charge in [0.1, 0.15) is 19.5 Å². The third-order valence-electron chi connectivity index (χ3n) is 5.79. The van der Waals surface area contributed by atoms with Gasteiger partial charge in [-0.1, -0.05) is 53.0 Å². The van der Waals surface area contributed by atoms with E-state index in [2.05, 4.69) is 23.9 Å². The van der Waals surface area contributed by atoms with Gasteiger partial charge in [-0.25, -0.2) is 9.75 Å². The average molecular weight is 826 g/mol. The summed E-state index contributed by atoms with van der Waals surface area (Å²) in [4.78, 5) is 54.9. The third-order valence-corrected chi connectivity index (χ3v) is 7.35. The maximum Gasteiger partial charge on any atom is 0.416 e. The lowest BCUT2D eigenvalue weighted by Gasteiger charge is -2.16. The van der Waals surface area contributed by atoms with Gasteiger partial charge >= 0.3 is 17.8 Å². The largest absolute Gasteiger partial charge is 0.778 e. The van der Waals surface area contributed by atoms with Crippen LogP contribution < -0.4 is 15.9 Å². The quantitative estimate of drug-likeness (QED) is 0.102. The first-order valence-corrected chi connectivity index (χ1v) is 19.3. The number of carboxylic acids is 1. The Morgan fingerprint density at radius 2 is 1.71 bits per heavy atom. The minimum absolute atomic E-state index is 0.00687. The van der Waals surface area contributed by atoms with Gasteiger partial charge in [-0.05, 0) is 48.5 Å². The number of hydroxylamine groups is 2. The Hall–Kier alpha value is -3.13. The van der Waals surface area contributed by atoms with E-state index in [1.54, 1.807) is 0 Å². The second-order valence-corrected chi connectivity index (χ2v) is 16.6. The molecular formula is C28H35Cl3F3N6O9PS. The number of carbonyl (C=O) groups excluding carboxylic acids is 1. The van der Waals surface area contributed by atoms with Crippen molar-refractivity contribution in [2.45, 2.75) is 26.6 Å². The molecule has 0 aliphatic carbocycles. The van der Waals surface area contributed by atoms with Gasteiger partial charge in [0.15, 0.2) is 0 Å². The van der Waals surface area contributed by atoms with Crippen molar-refractivity contribution in [3.63, 3.8) is 0 Å². The minimum atomic E-state index is -4.63. The number of hydrogen-bond acceptors (Lipinski definition) is 10. The molecule has 4 rings (SSSR count). The molecule has 0 spiro atoms. The Bertz CT molecular complexity index is 1700. The number of nitrogens with one attached hydrogen (secondary N) is 1. The number of benzene rings is 2. The molecule has 0 bridgehead atoms. The van der Waals surface area contributed by atoms with Gasteiger partial charge in [-0.15, -0.1) is 0 Å². The summed E-state index contributed by atoms with van der Waals surface area (Å²) < 4.78 is 48.6. The van der Waals surface area contributed by atoms with Crippen LogP contribution in [0.1, 0.15) is 25.0 Å². The van der Waals surface area contributed by atoms with Crippen LogP contribution in [0.2, 0.25) is 15.1 Å². The van der Waals surface area contributed by atoms with Crippen LogP contribution in [-0.2, 0) is 42.6 Å². The van der Waals surface area contributed by atoms with E-state index in [0.29, 0.717) is 41.2 Å². The number of carbonyl (C=O) groups is 2. The lowest BCUT2D eigenvalue weighted by molar-refractivity contribution is -0.383. The molecular weight excluding hydrogens is 791 g/mol. The smallest absolute Gasteiger partial charge is 0.416 e. The highest BCUT2D eigenvalue weighted by molar-refractivity contribution is 7.94. The molecule has 2 aromatic carbocycles. The topological polar surface area (TPSA) is 226 Å². The maximum atomic E-state index is 12.6. The highest BCUT2D eigenvalue weighted by Gasteiger charge is 2.40. The molecule has 1 aliphatic heterocycles. The zero-order valence-electron chi connectivity index (χ0n) is 27.6. The van der Waals surface area contributed by atoms with E-state index in [-0.39, 0.29) is 21.6 Å². The lowest BCUT2D eigenvalue weighted by Crippen LogP contribution is -2.30. The van der Waals surface area contributed by atoms with Crippen LogP contribution in [0.5, 0.6) is 0 Å². The SMILES string of the molecule is CC1(C)CON(Cc2ccccc2Cl)C1=O.C[S+](C)C.Nc1c([N+](=O)[O-])cnn1-c1c(Cl)cc(C(F)(F)F)cc1Cl.O=C(O)CNCP(=O)([O-])O. The first-order chi connectivity index (χ1) is 23.3. The molecule has 0 radical (unpaired) electrons. The van der Waals surface area contributed by atoms with Crippen molar-refractivity contribution in [2.75, 3.05) is 43.9 Å². The van der Waals surface area contributed by atoms with Crippen molar-refractivity contribution in [1.29, 1.82) is 0 Å². The molecule has 23 heteroatoms. The van der Waals surface area contributed by atoms with Crippen LogP contribution in [0, 0.1) is 15.5 Å². The van der Waals surface area contributed by atoms with Crippen LogP contribution in [0.4, 0.5) is 24.7 Å². The predicted molar refractivity (Wildman–Crippen MR) is 187 cm³/mol. The van der Waals surface area contributed by atoms with E-state index in [9.17, 15) is 42.3 Å². The summed E-state index contributed by atoms with van der Waals surface area (Å²) in [6, 6.07) is 8.73. The van der Waals surface area contributed by atoms with Crippen molar-refractivity contribution < 1.29 is 52.0 Å². The Morgan fingerprint density at radius 3 is 2.10 bits per heavy atom. The molecule has 1 unspecified atom stereocenters. The number of nitrogen functional groups attached to an aromatic ring is 1. The molecule has 1 fully saturated rings. The number of alkyl halides is 3. The Kier molecular flexibility index (Phi) is 17.7. The third kappa shape index (κ3) is 15.6. The van der Waals surface area contributed by atoms with Gasteiger partial charge in [0, 0.05) is 5.02 Å². The second-order valence-electron chi connectivity index (χ2n) is 11.3. The number of aliphatic carboxylic acids is 1. The molecule has 1 amide bonds. The summed E-state index contributed by atoms with van der Waals surface area (Å²) in [5, 5.41) is 25.5. The molecule has 1 atom stereocenters. The summed E-state index contributed by atoms with van der Waals surface area (Å²) in [6.45, 7) is 4.11. The van der Waals surface area contributed by atoms with Crippen molar-refractivity contribution in [3.05, 3.63) is 78.9 Å². The Balaban J connectivity index is 0.000000383. The van der Waals surface area contributed by atoms with Crippen molar-refractivity contribution >= 4 is 76.7 Å². The fourth-order valence-electron chi connectivity index (χ4n) is 3.50. The first-order valence-electron chi connectivity index (χ1n) is 14.0. The summed E-state index contributed by atoms with van der Waals surface area (Å²) >= 11 is 17.6. The standard InChI is InChI=1S/C12H14ClNO2.C10H5Cl2F3N4O2.C3H8NO5P.C3H9S/c1-12(2)8-16-14(11(12)15)7-9-5-3-4-6-10(9)13;11-5-1-4(10(13,14)15)2-6(12)8(5)18-9(16)7(3-17-18)19(20)21;5-3(6)1-4-2-10(7,8)9;1-4(2)3/h3-6H,7-8H2,1-2H3;1-3H,16H2;4H,1-2H2,(H,5,6)(H2,7,8,9);1-3H3/q;;;+1/p-1. The highest BCUT2D eigenvalue weighted by Crippen LogP contribution is 2.39. The van der Waals surface area contributed by atoms with E-state index in [0.717, 1.165) is 16.4 Å². The number of halogens is 6. The number of rotatable bonds is 8. The summed E-state index contributed by atoms with van der Waals surface area (Å²) in [5.74, 6) is -1.57. The van der Waals surface area contributed by atoms with Crippen LogP contribution in [-0.4, -0.2) is 79.8 Å². The van der Waals surface area contributed by atoms with E-state index < -0.39 is 60.0 Å². The van der Waals surface area contributed by atoms with Crippen molar-refractivity contribution in [1.82, 2.24) is 20.2 Å². The molecule has 1 aromatic heterocycles. The number of nitrogens with zero attached hydrogens (tertiary/aromatic N) is 4. The number of carboxylic acid groups (broad SMARTS) is 1. The van der Waals surface area contributed by atoms with Crippen LogP contribution >= 0.6 is 42.4 Å². The van der Waals surface area contributed by atoms with E-state index in [1.165, 1.54) is 5.06 Å². The predicted octanol–water partition coefficient (Wildman–Crippen LogP) is 4.99. The number of nitrogens with two attached hydrogens (primary N) is 1. The van der Waals surface area contributed by atoms with Crippen molar-refractivity contribution in [2.24, 2.45) is 5.41 Å². The number of anilines is 1. The van der Waals surface area contributed by atoms with Crippen LogP contribution in [0.3, 0.4) is 0 Å². The molecule has 5 N–H and O–H groups in total. The molecule has 1 aliphatic rings.